The average Bonchev–Trinajstić information content (AvgIpc) is 2.97. The van der Waals surface area contributed by atoms with Gasteiger partial charge in [0.05, 0.1) is 5.69 Å². The van der Waals surface area contributed by atoms with E-state index in [1.807, 2.05) is 18.3 Å². The number of rotatable bonds is 2. The Kier molecular flexibility index (Phi) is 3.63. The number of pyridine rings is 1. The number of hydrogen-bond donors (Lipinski definition) is 0. The third-order valence-corrected chi connectivity index (χ3v) is 9.29. The van der Waals surface area contributed by atoms with Crippen molar-refractivity contribution in [3.8, 4) is 33.5 Å². The molecule has 0 aliphatic carbocycles. The topological polar surface area (TPSA) is 12.9 Å². The summed E-state index contributed by atoms with van der Waals surface area (Å²) in [4.78, 5) is 4.53. The highest BCUT2D eigenvalue weighted by atomic mass is 28.3. The lowest BCUT2D eigenvalue weighted by Gasteiger charge is -2.22. The van der Waals surface area contributed by atoms with Gasteiger partial charge in [0.1, 0.15) is 8.07 Å². The van der Waals surface area contributed by atoms with Gasteiger partial charge in [-0.05, 0) is 50.8 Å². The predicted octanol–water partition coefficient (Wildman–Crippen LogP) is 5.22. The molecule has 2 heteroatoms. The number of benzene rings is 3. The first-order chi connectivity index (χ1) is 13.2. The second kappa shape index (κ2) is 6.03. The fraction of sp³-hybridized carbons (Fsp3) is 0.0800. The van der Waals surface area contributed by atoms with Gasteiger partial charge in [0, 0.05) is 11.8 Å². The first-order valence-electron chi connectivity index (χ1n) is 9.41. The van der Waals surface area contributed by atoms with E-state index in [2.05, 4.69) is 90.9 Å². The van der Waals surface area contributed by atoms with Gasteiger partial charge in [-0.2, -0.15) is 0 Å². The standard InChI is InChI=1S/C25H21NSi/c1-27(2)24-15-4-3-11-21(24)22-13-8-12-20(25(22)27)18-9-7-10-19(17-18)23-14-5-6-16-26-23/h3-17H,1-2H3. The molecule has 0 saturated heterocycles. The first-order valence-corrected chi connectivity index (χ1v) is 12.4. The van der Waals surface area contributed by atoms with Gasteiger partial charge in [0.15, 0.2) is 0 Å². The molecule has 1 aromatic heterocycles. The van der Waals surface area contributed by atoms with E-state index in [-0.39, 0.29) is 0 Å². The molecule has 1 aliphatic rings. The lowest BCUT2D eigenvalue weighted by Crippen LogP contribution is -2.50. The summed E-state index contributed by atoms with van der Waals surface area (Å²) >= 11 is 0. The molecular weight excluding hydrogens is 342 g/mol. The largest absolute Gasteiger partial charge is 0.256 e. The summed E-state index contributed by atoms with van der Waals surface area (Å²) in [6.07, 6.45) is 1.86. The fourth-order valence-electron chi connectivity index (χ4n) is 4.47. The molecule has 5 rings (SSSR count). The molecule has 3 aromatic carbocycles. The maximum Gasteiger partial charge on any atom is 0.114 e. The van der Waals surface area contributed by atoms with Crippen molar-refractivity contribution in [2.45, 2.75) is 13.1 Å². The maximum absolute atomic E-state index is 4.53. The van der Waals surface area contributed by atoms with Crippen LogP contribution in [0, 0.1) is 0 Å². The van der Waals surface area contributed by atoms with Crippen molar-refractivity contribution in [2.75, 3.05) is 0 Å². The average molecular weight is 364 g/mol. The van der Waals surface area contributed by atoms with Gasteiger partial charge < -0.3 is 0 Å². The summed E-state index contributed by atoms with van der Waals surface area (Å²) in [6, 6.07) is 30.6. The molecule has 27 heavy (non-hydrogen) atoms. The Bertz CT molecular complexity index is 1150. The van der Waals surface area contributed by atoms with Crippen molar-refractivity contribution >= 4 is 18.4 Å². The fourth-order valence-corrected chi connectivity index (χ4v) is 7.93. The summed E-state index contributed by atoms with van der Waals surface area (Å²) in [5.74, 6) is 0. The lowest BCUT2D eigenvalue weighted by molar-refractivity contribution is 1.33. The molecule has 0 unspecified atom stereocenters. The van der Waals surface area contributed by atoms with Crippen LogP contribution in [0.15, 0.2) is 91.1 Å². The number of hydrogen-bond acceptors (Lipinski definition) is 1. The Morgan fingerprint density at radius 2 is 1.33 bits per heavy atom. The van der Waals surface area contributed by atoms with Crippen LogP contribution in [-0.2, 0) is 0 Å². The van der Waals surface area contributed by atoms with Crippen molar-refractivity contribution in [3.63, 3.8) is 0 Å². The van der Waals surface area contributed by atoms with E-state index in [1.165, 1.54) is 27.8 Å². The summed E-state index contributed by atoms with van der Waals surface area (Å²) in [7, 11) is -1.72. The molecule has 0 atom stereocenters. The van der Waals surface area contributed by atoms with Crippen molar-refractivity contribution in [1.29, 1.82) is 0 Å². The van der Waals surface area contributed by atoms with Gasteiger partial charge in [-0.25, -0.2) is 0 Å². The van der Waals surface area contributed by atoms with Crippen molar-refractivity contribution in [3.05, 3.63) is 91.1 Å². The SMILES string of the molecule is C[Si]1(C)c2ccccc2-c2cccc(-c3cccc(-c4ccccn4)c3)c21. The zero-order valence-electron chi connectivity index (χ0n) is 15.6. The normalized spacial score (nSPS) is 13.9. The van der Waals surface area contributed by atoms with E-state index < -0.39 is 8.07 Å². The zero-order chi connectivity index (χ0) is 18.4. The highest BCUT2D eigenvalue weighted by molar-refractivity contribution is 7.04. The highest BCUT2D eigenvalue weighted by Gasteiger charge is 2.38. The second-order valence-electron chi connectivity index (χ2n) is 7.69. The van der Waals surface area contributed by atoms with Crippen molar-refractivity contribution < 1.29 is 0 Å². The van der Waals surface area contributed by atoms with Gasteiger partial charge in [-0.3, -0.25) is 4.98 Å². The van der Waals surface area contributed by atoms with Gasteiger partial charge in [0.25, 0.3) is 0 Å². The molecule has 0 amide bonds. The molecule has 4 aromatic rings. The minimum absolute atomic E-state index is 1.02. The van der Waals surface area contributed by atoms with Gasteiger partial charge in [-0.1, -0.05) is 79.8 Å². The van der Waals surface area contributed by atoms with Crippen LogP contribution in [0.1, 0.15) is 0 Å². The third kappa shape index (κ3) is 2.48. The van der Waals surface area contributed by atoms with Crippen LogP contribution in [0.25, 0.3) is 33.5 Å². The molecule has 1 nitrogen and oxygen atoms in total. The summed E-state index contributed by atoms with van der Waals surface area (Å²) in [5, 5.41) is 3.11. The van der Waals surface area contributed by atoms with Crippen molar-refractivity contribution in [1.82, 2.24) is 4.98 Å². The van der Waals surface area contributed by atoms with E-state index in [0.29, 0.717) is 0 Å². The van der Waals surface area contributed by atoms with E-state index in [1.54, 1.807) is 10.4 Å². The van der Waals surface area contributed by atoms with Crippen LogP contribution in [0.3, 0.4) is 0 Å². The molecule has 0 radical (unpaired) electrons. The molecule has 0 fully saturated rings. The highest BCUT2D eigenvalue weighted by Crippen LogP contribution is 2.34. The molecule has 0 N–H and O–H groups in total. The van der Waals surface area contributed by atoms with Crippen LogP contribution < -0.4 is 10.4 Å². The monoisotopic (exact) mass is 363 g/mol. The quantitative estimate of drug-likeness (QED) is 0.445. The van der Waals surface area contributed by atoms with Crippen LogP contribution >= 0.6 is 0 Å². The minimum atomic E-state index is -1.72. The molecule has 0 bridgehead atoms. The number of aromatic nitrogens is 1. The van der Waals surface area contributed by atoms with E-state index >= 15 is 0 Å². The van der Waals surface area contributed by atoms with Gasteiger partial charge in [-0.15, -0.1) is 0 Å². The Hall–Kier alpha value is -2.97. The Morgan fingerprint density at radius 3 is 2.19 bits per heavy atom. The summed E-state index contributed by atoms with van der Waals surface area (Å²) in [5.41, 5.74) is 7.68. The predicted molar refractivity (Wildman–Crippen MR) is 117 cm³/mol. The smallest absolute Gasteiger partial charge is 0.114 e. The first kappa shape index (κ1) is 16.2. The zero-order valence-corrected chi connectivity index (χ0v) is 16.6. The lowest BCUT2D eigenvalue weighted by atomic mass is 9.97. The van der Waals surface area contributed by atoms with Crippen molar-refractivity contribution in [2.24, 2.45) is 0 Å². The molecule has 0 spiro atoms. The third-order valence-electron chi connectivity index (χ3n) is 5.71. The van der Waals surface area contributed by atoms with Crippen LogP contribution in [-0.4, -0.2) is 13.1 Å². The Morgan fingerprint density at radius 1 is 0.630 bits per heavy atom. The Balaban J connectivity index is 1.72. The molecule has 130 valence electrons. The van der Waals surface area contributed by atoms with Crippen LogP contribution in [0.2, 0.25) is 13.1 Å². The summed E-state index contributed by atoms with van der Waals surface area (Å²) in [6.45, 7) is 4.95. The molecule has 0 saturated carbocycles. The van der Waals surface area contributed by atoms with E-state index in [4.69, 9.17) is 0 Å². The maximum atomic E-state index is 4.53. The van der Waals surface area contributed by atoms with Gasteiger partial charge >= 0.3 is 0 Å². The Labute approximate surface area is 161 Å². The van der Waals surface area contributed by atoms with Gasteiger partial charge in [0.2, 0.25) is 0 Å². The molecule has 2 heterocycles. The number of fused-ring (bicyclic) bond motifs is 3. The summed E-state index contributed by atoms with van der Waals surface area (Å²) < 4.78 is 0. The van der Waals surface area contributed by atoms with Crippen LogP contribution in [0.5, 0.6) is 0 Å². The second-order valence-corrected chi connectivity index (χ2v) is 12.0. The molecular formula is C25H21NSi. The molecule has 1 aliphatic heterocycles. The number of nitrogens with zero attached hydrogens (tertiary/aromatic N) is 1. The van der Waals surface area contributed by atoms with Crippen LogP contribution in [0.4, 0.5) is 0 Å². The van der Waals surface area contributed by atoms with E-state index in [9.17, 15) is 0 Å². The van der Waals surface area contributed by atoms with E-state index in [0.717, 1.165) is 5.69 Å². The minimum Gasteiger partial charge on any atom is -0.256 e.